The van der Waals surface area contributed by atoms with E-state index in [9.17, 15) is 0 Å². The topological polar surface area (TPSA) is 36.2 Å². The zero-order valence-electron chi connectivity index (χ0n) is 4.91. The van der Waals surface area contributed by atoms with Crippen LogP contribution in [0.4, 0.5) is 0 Å². The van der Waals surface area contributed by atoms with Crippen molar-refractivity contribution in [1.29, 1.82) is 5.41 Å². The molecule has 0 aromatic heterocycles. The number of hydrogen-bond acceptors (Lipinski definition) is 1. The smallest absolute Gasteiger partial charge is 0.107 e. The van der Waals surface area contributed by atoms with E-state index in [1.165, 1.54) is 0 Å². The van der Waals surface area contributed by atoms with Crippen molar-refractivity contribution in [3.63, 3.8) is 0 Å². The molecule has 2 heteroatoms. The third-order valence-corrected chi connectivity index (χ3v) is 0.970. The summed E-state index contributed by atoms with van der Waals surface area (Å²) in [5.41, 5.74) is 0.826. The van der Waals surface area contributed by atoms with Crippen LogP contribution in [0.5, 0.6) is 0 Å². The SMILES string of the molecule is N=C/N=C1/[CH]C=CC=C1. The molecule has 1 rings (SSSR count). The maximum atomic E-state index is 6.65. The van der Waals surface area contributed by atoms with Crippen molar-refractivity contribution in [2.75, 3.05) is 0 Å². The van der Waals surface area contributed by atoms with Crippen molar-refractivity contribution in [2.45, 2.75) is 0 Å². The van der Waals surface area contributed by atoms with Gasteiger partial charge in [0, 0.05) is 6.42 Å². The van der Waals surface area contributed by atoms with Crippen LogP contribution in [0.3, 0.4) is 0 Å². The van der Waals surface area contributed by atoms with Crippen LogP contribution in [-0.4, -0.2) is 12.1 Å². The van der Waals surface area contributed by atoms with Gasteiger partial charge in [0.05, 0.1) is 5.71 Å². The summed E-state index contributed by atoms with van der Waals surface area (Å²) in [6.07, 6.45) is 10.4. The lowest BCUT2D eigenvalue weighted by atomic mass is 10.2. The van der Waals surface area contributed by atoms with Gasteiger partial charge in [-0.2, -0.15) is 0 Å². The predicted molar refractivity (Wildman–Crippen MR) is 38.8 cm³/mol. The molecular formula is C7H7N2. The Morgan fingerprint density at radius 3 is 2.78 bits per heavy atom. The second kappa shape index (κ2) is 2.97. The Morgan fingerprint density at radius 2 is 2.22 bits per heavy atom. The third kappa shape index (κ3) is 1.64. The van der Waals surface area contributed by atoms with Crippen molar-refractivity contribution in [2.24, 2.45) is 4.99 Å². The summed E-state index contributed by atoms with van der Waals surface area (Å²) in [4.78, 5) is 3.75. The normalized spacial score (nSPS) is 20.7. The Balaban J connectivity index is 2.65. The van der Waals surface area contributed by atoms with E-state index in [0.717, 1.165) is 12.1 Å². The predicted octanol–water partition coefficient (Wildman–Crippen LogP) is 1.36. The molecule has 0 aromatic carbocycles. The van der Waals surface area contributed by atoms with Gasteiger partial charge < -0.3 is 0 Å². The van der Waals surface area contributed by atoms with Gasteiger partial charge in [-0.15, -0.1) is 0 Å². The second-order valence-electron chi connectivity index (χ2n) is 1.59. The van der Waals surface area contributed by atoms with Gasteiger partial charge in [0.15, 0.2) is 0 Å². The van der Waals surface area contributed by atoms with Crippen molar-refractivity contribution >= 4 is 12.1 Å². The fourth-order valence-electron chi connectivity index (χ4n) is 0.589. The van der Waals surface area contributed by atoms with Gasteiger partial charge in [0.1, 0.15) is 6.34 Å². The van der Waals surface area contributed by atoms with Gasteiger partial charge in [-0.3, -0.25) is 5.41 Å². The van der Waals surface area contributed by atoms with Gasteiger partial charge in [-0.05, 0) is 6.08 Å². The molecule has 0 saturated carbocycles. The van der Waals surface area contributed by atoms with E-state index in [2.05, 4.69) is 4.99 Å². The van der Waals surface area contributed by atoms with Crippen molar-refractivity contribution in [1.82, 2.24) is 0 Å². The van der Waals surface area contributed by atoms with Crippen LogP contribution < -0.4 is 0 Å². The molecule has 1 aliphatic carbocycles. The number of aliphatic imine (C=N–C) groups is 1. The lowest BCUT2D eigenvalue weighted by Crippen LogP contribution is -1.94. The summed E-state index contributed by atoms with van der Waals surface area (Å²) in [5.74, 6) is 0. The fraction of sp³-hybridized carbons (Fsp3) is 0. The van der Waals surface area contributed by atoms with E-state index in [1.54, 1.807) is 0 Å². The Hall–Kier alpha value is -1.18. The monoisotopic (exact) mass is 119 g/mol. The van der Waals surface area contributed by atoms with Gasteiger partial charge in [-0.1, -0.05) is 18.2 Å². The average Bonchev–Trinajstić information content (AvgIpc) is 1.91. The van der Waals surface area contributed by atoms with Crippen LogP contribution in [0.1, 0.15) is 0 Å². The molecular weight excluding hydrogens is 112 g/mol. The average molecular weight is 119 g/mol. The molecule has 9 heavy (non-hydrogen) atoms. The van der Waals surface area contributed by atoms with E-state index in [1.807, 2.05) is 30.7 Å². The van der Waals surface area contributed by atoms with Crippen LogP contribution in [0.15, 0.2) is 29.3 Å². The molecule has 1 aliphatic rings. The van der Waals surface area contributed by atoms with E-state index in [4.69, 9.17) is 5.41 Å². The third-order valence-electron chi connectivity index (χ3n) is 0.970. The molecule has 0 unspecified atom stereocenters. The lowest BCUT2D eigenvalue weighted by Gasteiger charge is -1.95. The summed E-state index contributed by atoms with van der Waals surface area (Å²) in [5, 5.41) is 6.65. The highest BCUT2D eigenvalue weighted by Crippen LogP contribution is 1.96. The van der Waals surface area contributed by atoms with Gasteiger partial charge in [-0.25, -0.2) is 4.99 Å². The molecule has 1 radical (unpaired) electrons. The quantitative estimate of drug-likeness (QED) is 0.399. The lowest BCUT2D eigenvalue weighted by molar-refractivity contribution is 1.51. The molecule has 0 heterocycles. The fourth-order valence-corrected chi connectivity index (χ4v) is 0.589. The Bertz CT molecular complexity index is 187. The molecule has 45 valence electrons. The first kappa shape index (κ1) is 5.95. The minimum absolute atomic E-state index is 0.826. The molecule has 2 nitrogen and oxygen atoms in total. The summed E-state index contributed by atoms with van der Waals surface area (Å²) < 4.78 is 0. The molecule has 0 saturated heterocycles. The Labute approximate surface area is 54.1 Å². The van der Waals surface area contributed by atoms with E-state index < -0.39 is 0 Å². The molecule has 0 aliphatic heterocycles. The molecule has 0 bridgehead atoms. The number of nitrogens with one attached hydrogen (secondary N) is 1. The second-order valence-corrected chi connectivity index (χ2v) is 1.59. The molecule has 0 atom stereocenters. The number of allylic oxidation sites excluding steroid dienone is 4. The Kier molecular flexibility index (Phi) is 1.96. The molecule has 1 N–H and O–H groups in total. The zero-order chi connectivity index (χ0) is 6.53. The summed E-state index contributed by atoms with van der Waals surface area (Å²) >= 11 is 0. The van der Waals surface area contributed by atoms with E-state index in [0.29, 0.717) is 0 Å². The maximum absolute atomic E-state index is 6.65. The highest BCUT2D eigenvalue weighted by Gasteiger charge is 1.91. The van der Waals surface area contributed by atoms with Crippen LogP contribution in [0.2, 0.25) is 0 Å². The molecule has 0 aromatic rings. The minimum Gasteiger partial charge on any atom is -0.290 e. The standard InChI is InChI=1S/C7H7N2/c8-6-9-7-4-2-1-3-5-7/h1-6,8H. The highest BCUT2D eigenvalue weighted by atomic mass is 14.8. The summed E-state index contributed by atoms with van der Waals surface area (Å²) in [6, 6.07) is 0. The minimum atomic E-state index is 0.826. The van der Waals surface area contributed by atoms with Crippen LogP contribution in [0.25, 0.3) is 0 Å². The first-order valence-corrected chi connectivity index (χ1v) is 2.68. The van der Waals surface area contributed by atoms with Gasteiger partial charge >= 0.3 is 0 Å². The summed E-state index contributed by atoms with van der Waals surface area (Å²) in [6.45, 7) is 0. The van der Waals surface area contributed by atoms with Crippen LogP contribution >= 0.6 is 0 Å². The maximum Gasteiger partial charge on any atom is 0.107 e. The van der Waals surface area contributed by atoms with Crippen LogP contribution in [0, 0.1) is 11.8 Å². The first-order chi connectivity index (χ1) is 4.43. The first-order valence-electron chi connectivity index (χ1n) is 2.68. The molecule has 0 spiro atoms. The number of rotatable bonds is 1. The summed E-state index contributed by atoms with van der Waals surface area (Å²) in [7, 11) is 0. The van der Waals surface area contributed by atoms with Crippen molar-refractivity contribution in [3.8, 4) is 0 Å². The molecule has 0 amide bonds. The number of hydrogen-bond donors (Lipinski definition) is 1. The zero-order valence-corrected chi connectivity index (χ0v) is 4.91. The van der Waals surface area contributed by atoms with E-state index in [-0.39, 0.29) is 0 Å². The van der Waals surface area contributed by atoms with E-state index >= 15 is 0 Å². The van der Waals surface area contributed by atoms with Crippen LogP contribution in [-0.2, 0) is 0 Å². The Morgan fingerprint density at radius 1 is 1.33 bits per heavy atom. The van der Waals surface area contributed by atoms with Crippen molar-refractivity contribution in [3.05, 3.63) is 30.7 Å². The largest absolute Gasteiger partial charge is 0.290 e. The highest BCUT2D eigenvalue weighted by molar-refractivity contribution is 6.07. The van der Waals surface area contributed by atoms with Gasteiger partial charge in [0.25, 0.3) is 0 Å². The molecule has 0 fully saturated rings. The number of nitrogens with zero attached hydrogens (tertiary/aromatic N) is 1. The van der Waals surface area contributed by atoms with Crippen molar-refractivity contribution < 1.29 is 0 Å². The van der Waals surface area contributed by atoms with Gasteiger partial charge in [0.2, 0.25) is 0 Å².